The summed E-state index contributed by atoms with van der Waals surface area (Å²) in [6, 6.07) is 14.9. The second kappa shape index (κ2) is 8.21. The van der Waals surface area contributed by atoms with Crippen molar-refractivity contribution in [3.05, 3.63) is 60.4 Å². The molecule has 0 aliphatic carbocycles. The number of hydrogen-bond acceptors (Lipinski definition) is 5. The summed E-state index contributed by atoms with van der Waals surface area (Å²) in [7, 11) is 0. The fourth-order valence-corrected chi connectivity index (χ4v) is 2.37. The predicted molar refractivity (Wildman–Crippen MR) is 90.9 cm³/mol. The maximum atomic E-state index is 10.6. The van der Waals surface area contributed by atoms with Gasteiger partial charge in [0.05, 0.1) is 19.5 Å². The summed E-state index contributed by atoms with van der Waals surface area (Å²) in [6.45, 7) is 0.847. The van der Waals surface area contributed by atoms with Crippen molar-refractivity contribution >= 4 is 16.9 Å². The molecular formula is C19H18O6. The van der Waals surface area contributed by atoms with Crippen LogP contribution in [-0.4, -0.2) is 30.9 Å². The molecule has 1 N–H and O–H groups in total. The van der Waals surface area contributed by atoms with E-state index in [9.17, 15) is 4.79 Å². The maximum absolute atomic E-state index is 10.6. The molecule has 0 radical (unpaired) electrons. The van der Waals surface area contributed by atoms with Gasteiger partial charge >= 0.3 is 5.97 Å². The monoisotopic (exact) mass is 342 g/mol. The molecule has 6 nitrogen and oxygen atoms in total. The van der Waals surface area contributed by atoms with Crippen LogP contribution in [0.4, 0.5) is 0 Å². The minimum Gasteiger partial charge on any atom is -0.491 e. The first-order chi connectivity index (χ1) is 12.2. The SMILES string of the molecule is O=C(O)COc1cccc2c(COCCOc3ccccc3)coc12. The van der Waals surface area contributed by atoms with Gasteiger partial charge in [-0.05, 0) is 18.2 Å². The lowest BCUT2D eigenvalue weighted by molar-refractivity contribution is -0.139. The molecule has 0 unspecified atom stereocenters. The van der Waals surface area contributed by atoms with E-state index in [1.54, 1.807) is 18.4 Å². The smallest absolute Gasteiger partial charge is 0.341 e. The standard InChI is InChI=1S/C19H18O6/c20-18(21)13-24-17-8-4-7-16-14(12-25-19(16)17)11-22-9-10-23-15-5-2-1-3-6-15/h1-8,12H,9-11,13H2,(H,20,21). The van der Waals surface area contributed by atoms with Gasteiger partial charge < -0.3 is 23.7 Å². The molecule has 1 aromatic heterocycles. The van der Waals surface area contributed by atoms with Crippen molar-refractivity contribution in [2.45, 2.75) is 6.61 Å². The maximum Gasteiger partial charge on any atom is 0.341 e. The van der Waals surface area contributed by atoms with Crippen molar-refractivity contribution < 1.29 is 28.5 Å². The van der Waals surface area contributed by atoms with Crippen LogP contribution < -0.4 is 9.47 Å². The number of carboxylic acid groups (broad SMARTS) is 1. The highest BCUT2D eigenvalue weighted by molar-refractivity contribution is 5.86. The van der Waals surface area contributed by atoms with Crippen molar-refractivity contribution in [2.24, 2.45) is 0 Å². The third-order valence-electron chi connectivity index (χ3n) is 3.49. The number of benzene rings is 2. The van der Waals surface area contributed by atoms with Crippen molar-refractivity contribution in [3.63, 3.8) is 0 Å². The molecule has 130 valence electrons. The molecule has 3 aromatic rings. The van der Waals surface area contributed by atoms with Gasteiger partial charge in [-0.2, -0.15) is 0 Å². The van der Waals surface area contributed by atoms with Crippen LogP contribution in [0.5, 0.6) is 11.5 Å². The van der Waals surface area contributed by atoms with E-state index in [4.69, 9.17) is 23.7 Å². The van der Waals surface area contributed by atoms with Crippen LogP contribution >= 0.6 is 0 Å². The summed E-state index contributed by atoms with van der Waals surface area (Å²) >= 11 is 0. The van der Waals surface area contributed by atoms with Gasteiger partial charge in [0.1, 0.15) is 12.4 Å². The number of carboxylic acids is 1. The summed E-state index contributed by atoms with van der Waals surface area (Å²) in [4.78, 5) is 10.6. The molecule has 25 heavy (non-hydrogen) atoms. The first kappa shape index (κ1) is 16.9. The number of aliphatic carboxylic acids is 1. The van der Waals surface area contributed by atoms with E-state index in [0.717, 1.165) is 16.7 Å². The van der Waals surface area contributed by atoms with Crippen LogP contribution in [0.2, 0.25) is 0 Å². The Hall–Kier alpha value is -2.99. The van der Waals surface area contributed by atoms with Crippen LogP contribution in [0.3, 0.4) is 0 Å². The number of para-hydroxylation sites is 2. The molecule has 1 heterocycles. The predicted octanol–water partition coefficient (Wildman–Crippen LogP) is 3.49. The van der Waals surface area contributed by atoms with Crippen LogP contribution in [0.1, 0.15) is 5.56 Å². The molecule has 0 atom stereocenters. The van der Waals surface area contributed by atoms with Crippen molar-refractivity contribution in [2.75, 3.05) is 19.8 Å². The highest BCUT2D eigenvalue weighted by Gasteiger charge is 2.12. The second-order valence-electron chi connectivity index (χ2n) is 5.29. The summed E-state index contributed by atoms with van der Waals surface area (Å²) in [6.07, 6.45) is 1.59. The molecule has 0 spiro atoms. The van der Waals surface area contributed by atoms with Gasteiger partial charge in [-0.15, -0.1) is 0 Å². The number of furan rings is 1. The molecule has 0 fully saturated rings. The fourth-order valence-electron chi connectivity index (χ4n) is 2.37. The minimum absolute atomic E-state index is 0.369. The van der Waals surface area contributed by atoms with Crippen molar-refractivity contribution in [1.82, 2.24) is 0 Å². The van der Waals surface area contributed by atoms with Crippen LogP contribution in [-0.2, 0) is 16.1 Å². The van der Waals surface area contributed by atoms with Crippen molar-refractivity contribution in [3.8, 4) is 11.5 Å². The molecule has 3 rings (SSSR count). The molecule has 0 amide bonds. The zero-order valence-corrected chi connectivity index (χ0v) is 13.5. The molecule has 0 saturated carbocycles. The summed E-state index contributed by atoms with van der Waals surface area (Å²) in [5.41, 5.74) is 1.39. The van der Waals surface area contributed by atoms with E-state index >= 15 is 0 Å². The first-order valence-electron chi connectivity index (χ1n) is 7.83. The van der Waals surface area contributed by atoms with E-state index < -0.39 is 12.6 Å². The highest BCUT2D eigenvalue weighted by Crippen LogP contribution is 2.30. The lowest BCUT2D eigenvalue weighted by Gasteiger charge is -2.06. The van der Waals surface area contributed by atoms with Crippen LogP contribution in [0.25, 0.3) is 11.0 Å². The first-order valence-corrected chi connectivity index (χ1v) is 7.83. The van der Waals surface area contributed by atoms with Gasteiger partial charge in [-0.3, -0.25) is 0 Å². The van der Waals surface area contributed by atoms with Gasteiger partial charge in [-0.25, -0.2) is 4.79 Å². The summed E-state index contributed by atoms with van der Waals surface area (Å²) in [5.74, 6) is 0.171. The quantitative estimate of drug-likeness (QED) is 0.600. The number of hydrogen-bond donors (Lipinski definition) is 1. The third-order valence-corrected chi connectivity index (χ3v) is 3.49. The Morgan fingerprint density at radius 1 is 1.00 bits per heavy atom. The van der Waals surface area contributed by atoms with E-state index in [1.165, 1.54) is 0 Å². The molecule has 6 heteroatoms. The summed E-state index contributed by atoms with van der Waals surface area (Å²) < 4.78 is 21.9. The Labute approximate surface area is 144 Å². The average Bonchev–Trinajstić information content (AvgIpc) is 3.04. The number of ether oxygens (including phenoxy) is 3. The second-order valence-corrected chi connectivity index (χ2v) is 5.29. The Morgan fingerprint density at radius 2 is 1.84 bits per heavy atom. The van der Waals surface area contributed by atoms with Crippen LogP contribution in [0.15, 0.2) is 59.2 Å². The molecule has 0 saturated heterocycles. The van der Waals surface area contributed by atoms with Gasteiger partial charge in [0.2, 0.25) is 0 Å². The lowest BCUT2D eigenvalue weighted by Crippen LogP contribution is -2.09. The molecule has 0 aliphatic rings. The Bertz CT molecular complexity index is 824. The van der Waals surface area contributed by atoms with E-state index in [0.29, 0.717) is 31.2 Å². The number of fused-ring (bicyclic) bond motifs is 1. The minimum atomic E-state index is -1.04. The van der Waals surface area contributed by atoms with E-state index in [1.807, 2.05) is 36.4 Å². The molecule has 2 aromatic carbocycles. The van der Waals surface area contributed by atoms with E-state index in [2.05, 4.69) is 0 Å². The molecular weight excluding hydrogens is 324 g/mol. The zero-order valence-electron chi connectivity index (χ0n) is 13.5. The topological polar surface area (TPSA) is 78.1 Å². The van der Waals surface area contributed by atoms with Crippen molar-refractivity contribution in [1.29, 1.82) is 0 Å². The largest absolute Gasteiger partial charge is 0.491 e. The van der Waals surface area contributed by atoms with E-state index in [-0.39, 0.29) is 0 Å². The Balaban J connectivity index is 1.53. The lowest BCUT2D eigenvalue weighted by atomic mass is 10.2. The number of carbonyl (C=O) groups is 1. The van der Waals surface area contributed by atoms with Crippen LogP contribution in [0, 0.1) is 0 Å². The Morgan fingerprint density at radius 3 is 2.64 bits per heavy atom. The van der Waals surface area contributed by atoms with Gasteiger partial charge in [0.25, 0.3) is 0 Å². The molecule has 0 bridgehead atoms. The number of rotatable bonds is 9. The molecule has 0 aliphatic heterocycles. The fraction of sp³-hybridized carbons (Fsp3) is 0.211. The Kier molecular flexibility index (Phi) is 5.53. The zero-order chi connectivity index (χ0) is 17.5. The third kappa shape index (κ3) is 4.51. The highest BCUT2D eigenvalue weighted by atomic mass is 16.5. The average molecular weight is 342 g/mol. The normalized spacial score (nSPS) is 10.7. The van der Waals surface area contributed by atoms with Gasteiger partial charge in [-0.1, -0.05) is 30.3 Å². The van der Waals surface area contributed by atoms with Gasteiger partial charge in [0, 0.05) is 10.9 Å². The van der Waals surface area contributed by atoms with Gasteiger partial charge in [0.15, 0.2) is 17.9 Å². The summed E-state index contributed by atoms with van der Waals surface area (Å²) in [5, 5.41) is 9.55.